The van der Waals surface area contributed by atoms with Crippen LogP contribution in [0.15, 0.2) is 24.3 Å². The molecule has 0 heterocycles. The highest BCUT2D eigenvalue weighted by Crippen LogP contribution is 2.25. The van der Waals surface area contributed by atoms with Crippen LogP contribution >= 0.6 is 0 Å². The molecule has 19 heavy (non-hydrogen) atoms. The number of hydrogen-bond acceptors (Lipinski definition) is 3. The van der Waals surface area contributed by atoms with Gasteiger partial charge in [-0.3, -0.25) is 0 Å². The zero-order chi connectivity index (χ0) is 14.5. The SMILES string of the molecule is COc1ccc(CC(C)(O)CCC(C)(C)OC)cc1. The summed E-state index contributed by atoms with van der Waals surface area (Å²) in [7, 11) is 3.36. The summed E-state index contributed by atoms with van der Waals surface area (Å²) in [5, 5.41) is 10.5. The van der Waals surface area contributed by atoms with E-state index in [-0.39, 0.29) is 5.60 Å². The minimum atomic E-state index is -0.718. The molecule has 0 radical (unpaired) electrons. The summed E-state index contributed by atoms with van der Waals surface area (Å²) in [5.41, 5.74) is 0.204. The Morgan fingerprint density at radius 3 is 2.05 bits per heavy atom. The maximum atomic E-state index is 10.5. The van der Waals surface area contributed by atoms with Crippen LogP contribution in [0, 0.1) is 0 Å². The average Bonchev–Trinajstić information content (AvgIpc) is 2.37. The maximum Gasteiger partial charge on any atom is 0.118 e. The molecule has 0 fully saturated rings. The molecule has 0 amide bonds. The van der Waals surface area contributed by atoms with Gasteiger partial charge in [0, 0.05) is 13.5 Å². The summed E-state index contributed by atoms with van der Waals surface area (Å²) in [6, 6.07) is 7.83. The Kier molecular flexibility index (Phi) is 5.39. The van der Waals surface area contributed by atoms with Crippen molar-refractivity contribution in [3.63, 3.8) is 0 Å². The van der Waals surface area contributed by atoms with Gasteiger partial charge < -0.3 is 14.6 Å². The Morgan fingerprint density at radius 1 is 1.00 bits per heavy atom. The first kappa shape index (κ1) is 16.0. The van der Waals surface area contributed by atoms with E-state index in [9.17, 15) is 5.11 Å². The smallest absolute Gasteiger partial charge is 0.118 e. The predicted molar refractivity (Wildman–Crippen MR) is 77.6 cm³/mol. The Hall–Kier alpha value is -1.06. The van der Waals surface area contributed by atoms with Crippen LogP contribution in [0.1, 0.15) is 39.2 Å². The first-order valence-corrected chi connectivity index (χ1v) is 6.68. The van der Waals surface area contributed by atoms with Crippen molar-refractivity contribution in [1.82, 2.24) is 0 Å². The van der Waals surface area contributed by atoms with E-state index < -0.39 is 5.60 Å². The van der Waals surface area contributed by atoms with E-state index in [2.05, 4.69) is 0 Å². The van der Waals surface area contributed by atoms with Crippen LogP contribution in [-0.2, 0) is 11.2 Å². The van der Waals surface area contributed by atoms with Crippen molar-refractivity contribution in [3.8, 4) is 5.75 Å². The molecule has 1 N–H and O–H groups in total. The molecule has 3 heteroatoms. The first-order chi connectivity index (χ1) is 8.78. The quantitative estimate of drug-likeness (QED) is 0.823. The van der Waals surface area contributed by atoms with Gasteiger partial charge in [0.05, 0.1) is 18.3 Å². The summed E-state index contributed by atoms with van der Waals surface area (Å²) in [6.45, 7) is 5.95. The molecule has 1 unspecified atom stereocenters. The Labute approximate surface area is 116 Å². The van der Waals surface area contributed by atoms with E-state index in [0.29, 0.717) is 12.8 Å². The summed E-state index contributed by atoms with van der Waals surface area (Å²) >= 11 is 0. The largest absolute Gasteiger partial charge is 0.497 e. The van der Waals surface area contributed by atoms with Crippen LogP contribution in [0.3, 0.4) is 0 Å². The van der Waals surface area contributed by atoms with E-state index in [0.717, 1.165) is 17.7 Å². The summed E-state index contributed by atoms with van der Waals surface area (Å²) in [6.07, 6.45) is 2.17. The topological polar surface area (TPSA) is 38.7 Å². The third-order valence-corrected chi connectivity index (χ3v) is 3.56. The van der Waals surface area contributed by atoms with Crippen molar-refractivity contribution in [2.24, 2.45) is 0 Å². The van der Waals surface area contributed by atoms with Crippen LogP contribution < -0.4 is 4.74 Å². The number of hydrogen-bond donors (Lipinski definition) is 1. The Balaban J connectivity index is 2.57. The molecule has 0 saturated carbocycles. The minimum absolute atomic E-state index is 0.191. The van der Waals surface area contributed by atoms with E-state index in [1.807, 2.05) is 45.0 Å². The standard InChI is InChI=1S/C16H26O3/c1-15(2,19-5)10-11-16(3,17)12-13-6-8-14(18-4)9-7-13/h6-9,17H,10-12H2,1-5H3. The third-order valence-electron chi connectivity index (χ3n) is 3.56. The van der Waals surface area contributed by atoms with Gasteiger partial charge in [-0.25, -0.2) is 0 Å². The highest BCUT2D eigenvalue weighted by Gasteiger charge is 2.26. The molecule has 0 aliphatic rings. The second-order valence-electron chi connectivity index (χ2n) is 5.99. The first-order valence-electron chi connectivity index (χ1n) is 6.68. The molecule has 1 aromatic carbocycles. The molecule has 0 aromatic heterocycles. The van der Waals surface area contributed by atoms with Crippen molar-refractivity contribution < 1.29 is 14.6 Å². The molecule has 0 aliphatic heterocycles. The average molecular weight is 266 g/mol. The lowest BCUT2D eigenvalue weighted by molar-refractivity contribution is -0.0189. The zero-order valence-electron chi connectivity index (χ0n) is 12.7. The number of ether oxygens (including phenoxy) is 2. The van der Waals surface area contributed by atoms with Crippen LogP contribution in [0.2, 0.25) is 0 Å². The lowest BCUT2D eigenvalue weighted by Gasteiger charge is -2.29. The van der Waals surface area contributed by atoms with Crippen LogP contribution in [0.25, 0.3) is 0 Å². The fourth-order valence-corrected chi connectivity index (χ4v) is 1.94. The van der Waals surface area contributed by atoms with Gasteiger partial charge in [-0.05, 0) is 51.3 Å². The summed E-state index contributed by atoms with van der Waals surface area (Å²) in [5.74, 6) is 0.837. The van der Waals surface area contributed by atoms with Gasteiger partial charge in [-0.2, -0.15) is 0 Å². The van der Waals surface area contributed by atoms with Gasteiger partial charge >= 0.3 is 0 Å². The fourth-order valence-electron chi connectivity index (χ4n) is 1.94. The molecule has 1 aromatic rings. The highest BCUT2D eigenvalue weighted by atomic mass is 16.5. The molecule has 108 valence electrons. The van der Waals surface area contributed by atoms with E-state index in [1.165, 1.54) is 0 Å². The Morgan fingerprint density at radius 2 is 1.58 bits per heavy atom. The number of aliphatic hydroxyl groups is 1. The van der Waals surface area contributed by atoms with Crippen LogP contribution in [0.4, 0.5) is 0 Å². The molecule has 0 saturated heterocycles. The highest BCUT2D eigenvalue weighted by molar-refractivity contribution is 5.27. The fraction of sp³-hybridized carbons (Fsp3) is 0.625. The van der Waals surface area contributed by atoms with Gasteiger partial charge in [0.2, 0.25) is 0 Å². The van der Waals surface area contributed by atoms with Crippen molar-refractivity contribution in [1.29, 1.82) is 0 Å². The third kappa shape index (κ3) is 5.62. The predicted octanol–water partition coefficient (Wildman–Crippen LogP) is 3.19. The molecule has 0 aliphatic carbocycles. The number of rotatable bonds is 7. The molecule has 1 atom stereocenters. The van der Waals surface area contributed by atoms with Gasteiger partial charge in [0.25, 0.3) is 0 Å². The zero-order valence-corrected chi connectivity index (χ0v) is 12.7. The van der Waals surface area contributed by atoms with Crippen molar-refractivity contribution in [3.05, 3.63) is 29.8 Å². The van der Waals surface area contributed by atoms with E-state index in [4.69, 9.17) is 9.47 Å². The maximum absolute atomic E-state index is 10.5. The normalized spacial score (nSPS) is 15.1. The molecule has 3 nitrogen and oxygen atoms in total. The van der Waals surface area contributed by atoms with E-state index >= 15 is 0 Å². The van der Waals surface area contributed by atoms with Crippen molar-refractivity contribution in [2.75, 3.05) is 14.2 Å². The number of benzene rings is 1. The van der Waals surface area contributed by atoms with Crippen LogP contribution in [-0.4, -0.2) is 30.5 Å². The second-order valence-corrected chi connectivity index (χ2v) is 5.99. The molecule has 0 bridgehead atoms. The second kappa shape index (κ2) is 6.40. The summed E-state index contributed by atoms with van der Waals surface area (Å²) < 4.78 is 10.5. The van der Waals surface area contributed by atoms with E-state index in [1.54, 1.807) is 14.2 Å². The van der Waals surface area contributed by atoms with Gasteiger partial charge in [0.15, 0.2) is 0 Å². The lowest BCUT2D eigenvalue weighted by Crippen LogP contribution is -2.32. The lowest BCUT2D eigenvalue weighted by atomic mass is 9.88. The van der Waals surface area contributed by atoms with Gasteiger partial charge in [0.1, 0.15) is 5.75 Å². The van der Waals surface area contributed by atoms with Gasteiger partial charge in [-0.1, -0.05) is 12.1 Å². The van der Waals surface area contributed by atoms with Crippen molar-refractivity contribution >= 4 is 0 Å². The number of methoxy groups -OCH3 is 2. The van der Waals surface area contributed by atoms with Crippen molar-refractivity contribution in [2.45, 2.75) is 51.2 Å². The Bertz CT molecular complexity index is 379. The monoisotopic (exact) mass is 266 g/mol. The van der Waals surface area contributed by atoms with Crippen LogP contribution in [0.5, 0.6) is 5.75 Å². The molecule has 0 spiro atoms. The minimum Gasteiger partial charge on any atom is -0.497 e. The molecular weight excluding hydrogens is 240 g/mol. The molecular formula is C16H26O3. The van der Waals surface area contributed by atoms with Gasteiger partial charge in [-0.15, -0.1) is 0 Å². The summed E-state index contributed by atoms with van der Waals surface area (Å²) in [4.78, 5) is 0. The molecule has 1 rings (SSSR count).